The molecular formula is C20H15FN4O3S. The summed E-state index contributed by atoms with van der Waals surface area (Å²) >= 11 is 0. The van der Waals surface area contributed by atoms with Crippen molar-refractivity contribution in [3.8, 4) is 0 Å². The fraction of sp³-hybridized carbons (Fsp3) is 0.0500. The molecule has 1 amide bonds. The standard InChI is InChI=1S/C20H15FN4O3S/c1-12-5-6-14(11-22-12)23-20(26)19-17-10-16(7-8-18(17)24-25-19)29(27,28)15-4-2-3-13(21)9-15/h2-11H,1H3,(H,23,26)(H,24,25). The van der Waals surface area contributed by atoms with Gasteiger partial charge in [-0.05, 0) is 55.5 Å². The van der Waals surface area contributed by atoms with Crippen molar-refractivity contribution in [1.29, 1.82) is 0 Å². The molecule has 9 heteroatoms. The Morgan fingerprint density at radius 1 is 1.07 bits per heavy atom. The van der Waals surface area contributed by atoms with Crippen molar-refractivity contribution in [2.75, 3.05) is 5.32 Å². The molecule has 0 radical (unpaired) electrons. The third-order valence-corrected chi connectivity index (χ3v) is 6.08. The summed E-state index contributed by atoms with van der Waals surface area (Å²) in [7, 11) is -3.96. The van der Waals surface area contributed by atoms with Gasteiger partial charge in [-0.15, -0.1) is 0 Å². The fourth-order valence-corrected chi connectivity index (χ4v) is 4.15. The van der Waals surface area contributed by atoms with Crippen molar-refractivity contribution >= 4 is 32.3 Å². The number of fused-ring (bicyclic) bond motifs is 1. The largest absolute Gasteiger partial charge is 0.319 e. The summed E-state index contributed by atoms with van der Waals surface area (Å²) in [5, 5.41) is 9.73. The van der Waals surface area contributed by atoms with Crippen LogP contribution in [0.15, 0.2) is 70.6 Å². The lowest BCUT2D eigenvalue weighted by Crippen LogP contribution is -2.13. The van der Waals surface area contributed by atoms with E-state index >= 15 is 0 Å². The Hall–Kier alpha value is -3.59. The minimum absolute atomic E-state index is 0.0388. The van der Waals surface area contributed by atoms with E-state index in [1.165, 1.54) is 42.6 Å². The number of halogens is 1. The fourth-order valence-electron chi connectivity index (χ4n) is 2.84. The number of carbonyl (C=O) groups excluding carboxylic acids is 1. The van der Waals surface area contributed by atoms with Gasteiger partial charge in [0.15, 0.2) is 5.69 Å². The summed E-state index contributed by atoms with van der Waals surface area (Å²) in [6, 6.07) is 12.5. The Morgan fingerprint density at radius 3 is 2.59 bits per heavy atom. The second kappa shape index (κ2) is 7.10. The number of nitrogens with zero attached hydrogens (tertiary/aromatic N) is 2. The van der Waals surface area contributed by atoms with E-state index in [2.05, 4.69) is 20.5 Å². The lowest BCUT2D eigenvalue weighted by Gasteiger charge is -2.06. The van der Waals surface area contributed by atoms with Gasteiger partial charge < -0.3 is 5.32 Å². The lowest BCUT2D eigenvalue weighted by molar-refractivity contribution is 0.102. The monoisotopic (exact) mass is 410 g/mol. The molecule has 7 nitrogen and oxygen atoms in total. The van der Waals surface area contributed by atoms with E-state index in [1.807, 2.05) is 6.92 Å². The van der Waals surface area contributed by atoms with Gasteiger partial charge in [-0.25, -0.2) is 12.8 Å². The van der Waals surface area contributed by atoms with Crippen molar-refractivity contribution in [2.24, 2.45) is 0 Å². The van der Waals surface area contributed by atoms with Crippen LogP contribution < -0.4 is 5.32 Å². The first-order chi connectivity index (χ1) is 13.8. The molecule has 0 bridgehead atoms. The van der Waals surface area contributed by atoms with Crippen LogP contribution in [0.5, 0.6) is 0 Å². The molecule has 29 heavy (non-hydrogen) atoms. The molecule has 0 fully saturated rings. The lowest BCUT2D eigenvalue weighted by atomic mass is 10.2. The Bertz CT molecular complexity index is 1330. The van der Waals surface area contributed by atoms with E-state index < -0.39 is 21.6 Å². The number of nitrogens with one attached hydrogen (secondary N) is 2. The van der Waals surface area contributed by atoms with Gasteiger partial charge in [-0.2, -0.15) is 5.10 Å². The summed E-state index contributed by atoms with van der Waals surface area (Å²) in [5.41, 5.74) is 1.83. The van der Waals surface area contributed by atoms with Crippen LogP contribution in [0.1, 0.15) is 16.2 Å². The Balaban J connectivity index is 1.73. The maximum atomic E-state index is 13.5. The van der Waals surface area contributed by atoms with Gasteiger partial charge in [0.2, 0.25) is 9.84 Å². The molecule has 2 aromatic heterocycles. The number of rotatable bonds is 4. The maximum Gasteiger partial charge on any atom is 0.276 e. The molecular weight excluding hydrogens is 395 g/mol. The van der Waals surface area contributed by atoms with E-state index in [1.54, 1.807) is 12.1 Å². The zero-order valence-corrected chi connectivity index (χ0v) is 16.0. The van der Waals surface area contributed by atoms with E-state index in [4.69, 9.17) is 0 Å². The second-order valence-corrected chi connectivity index (χ2v) is 8.33. The van der Waals surface area contributed by atoms with Crippen LogP contribution in [-0.2, 0) is 9.84 Å². The van der Waals surface area contributed by atoms with E-state index in [0.29, 0.717) is 16.6 Å². The van der Waals surface area contributed by atoms with Crippen LogP contribution in [0.4, 0.5) is 10.1 Å². The van der Waals surface area contributed by atoms with Crippen LogP contribution in [0.25, 0.3) is 10.9 Å². The van der Waals surface area contributed by atoms with Crippen LogP contribution in [0.3, 0.4) is 0 Å². The molecule has 0 saturated carbocycles. The van der Waals surface area contributed by atoms with Gasteiger partial charge in [-0.1, -0.05) is 6.07 Å². The first-order valence-corrected chi connectivity index (χ1v) is 10.1. The van der Waals surface area contributed by atoms with Gasteiger partial charge in [0, 0.05) is 11.1 Å². The quantitative estimate of drug-likeness (QED) is 0.536. The number of hydrogen-bond donors (Lipinski definition) is 2. The summed E-state index contributed by atoms with van der Waals surface area (Å²) in [6.07, 6.45) is 1.52. The van der Waals surface area contributed by atoms with Gasteiger partial charge >= 0.3 is 0 Å². The zero-order chi connectivity index (χ0) is 20.6. The highest BCUT2D eigenvalue weighted by atomic mass is 32.2. The smallest absolute Gasteiger partial charge is 0.276 e. The van der Waals surface area contributed by atoms with Gasteiger partial charge in [0.05, 0.1) is 27.2 Å². The number of H-pyrrole nitrogens is 1. The van der Waals surface area contributed by atoms with Crippen molar-refractivity contribution < 1.29 is 17.6 Å². The van der Waals surface area contributed by atoms with Crippen LogP contribution in [-0.4, -0.2) is 29.5 Å². The predicted octanol–water partition coefficient (Wildman–Crippen LogP) is 3.49. The molecule has 0 unspecified atom stereocenters. The predicted molar refractivity (Wildman–Crippen MR) is 105 cm³/mol. The molecule has 0 aliphatic carbocycles. The number of amides is 1. The molecule has 0 atom stereocenters. The maximum absolute atomic E-state index is 13.5. The minimum atomic E-state index is -3.96. The van der Waals surface area contributed by atoms with E-state index in [9.17, 15) is 17.6 Å². The highest BCUT2D eigenvalue weighted by molar-refractivity contribution is 7.91. The summed E-state index contributed by atoms with van der Waals surface area (Å²) in [4.78, 5) is 16.5. The number of pyridine rings is 1. The molecule has 4 rings (SSSR count). The molecule has 0 aliphatic heterocycles. The second-order valence-electron chi connectivity index (χ2n) is 6.38. The first kappa shape index (κ1) is 18.8. The summed E-state index contributed by atoms with van der Waals surface area (Å²) in [6.45, 7) is 1.83. The molecule has 146 valence electrons. The number of aromatic amines is 1. The third kappa shape index (κ3) is 3.59. The van der Waals surface area contributed by atoms with Crippen LogP contribution in [0, 0.1) is 12.7 Å². The average molecular weight is 410 g/mol. The molecule has 0 spiro atoms. The summed E-state index contributed by atoms with van der Waals surface area (Å²) < 4.78 is 39.2. The van der Waals surface area contributed by atoms with Crippen molar-refractivity contribution in [2.45, 2.75) is 16.7 Å². The van der Waals surface area contributed by atoms with Crippen molar-refractivity contribution in [3.05, 3.63) is 78.0 Å². The SMILES string of the molecule is Cc1ccc(NC(=O)c2n[nH]c3ccc(S(=O)(=O)c4cccc(F)c4)cc23)cn1. The number of aromatic nitrogens is 3. The van der Waals surface area contributed by atoms with Crippen molar-refractivity contribution in [1.82, 2.24) is 15.2 Å². The number of carbonyl (C=O) groups is 1. The highest BCUT2D eigenvalue weighted by Crippen LogP contribution is 2.26. The number of benzene rings is 2. The Kier molecular flexibility index (Phi) is 4.59. The molecule has 0 aliphatic rings. The Labute approximate surface area is 165 Å². The first-order valence-electron chi connectivity index (χ1n) is 8.57. The van der Waals surface area contributed by atoms with Crippen LogP contribution in [0.2, 0.25) is 0 Å². The average Bonchev–Trinajstić information content (AvgIpc) is 3.13. The third-order valence-electron chi connectivity index (χ3n) is 4.34. The molecule has 2 aromatic carbocycles. The zero-order valence-electron chi connectivity index (χ0n) is 15.2. The van der Waals surface area contributed by atoms with Gasteiger partial charge in [0.25, 0.3) is 5.91 Å². The van der Waals surface area contributed by atoms with Crippen LogP contribution >= 0.6 is 0 Å². The van der Waals surface area contributed by atoms with Gasteiger partial charge in [0.1, 0.15) is 5.82 Å². The molecule has 4 aromatic rings. The van der Waals surface area contributed by atoms with Crippen molar-refractivity contribution in [3.63, 3.8) is 0 Å². The number of hydrogen-bond acceptors (Lipinski definition) is 5. The summed E-state index contributed by atoms with van der Waals surface area (Å²) in [5.74, 6) is -1.16. The molecule has 0 saturated heterocycles. The van der Waals surface area contributed by atoms with E-state index in [0.717, 1.165) is 11.8 Å². The molecule has 2 heterocycles. The normalized spacial score (nSPS) is 11.5. The topological polar surface area (TPSA) is 105 Å². The Morgan fingerprint density at radius 2 is 1.86 bits per heavy atom. The minimum Gasteiger partial charge on any atom is -0.319 e. The number of anilines is 1. The van der Waals surface area contributed by atoms with Gasteiger partial charge in [-0.3, -0.25) is 14.9 Å². The van der Waals surface area contributed by atoms with E-state index in [-0.39, 0.29) is 15.5 Å². The number of aryl methyl sites for hydroxylation is 1. The number of sulfone groups is 1. The highest BCUT2D eigenvalue weighted by Gasteiger charge is 2.21. The molecule has 2 N–H and O–H groups in total.